The Morgan fingerprint density at radius 2 is 2.05 bits per heavy atom. The number of halogens is 3. The first-order valence-electron chi connectivity index (χ1n) is 6.60. The highest BCUT2D eigenvalue weighted by molar-refractivity contribution is 6.31. The first kappa shape index (κ1) is 14.4. The van der Waals surface area contributed by atoms with Gasteiger partial charge in [0.2, 0.25) is 0 Å². The zero-order valence-corrected chi connectivity index (χ0v) is 12.9. The van der Waals surface area contributed by atoms with Gasteiger partial charge in [-0.05, 0) is 36.8 Å². The van der Waals surface area contributed by atoms with E-state index in [4.69, 9.17) is 23.2 Å². The third-order valence-corrected chi connectivity index (χ3v) is 4.03. The molecule has 2 aromatic carbocycles. The van der Waals surface area contributed by atoms with Crippen molar-refractivity contribution < 1.29 is 4.39 Å². The number of fused-ring (bicyclic) bond motifs is 1. The summed E-state index contributed by atoms with van der Waals surface area (Å²) in [7, 11) is 0. The molecular weight excluding hydrogens is 310 g/mol. The number of benzene rings is 2. The first-order chi connectivity index (χ1) is 10.1. The molecule has 0 N–H and O–H groups in total. The van der Waals surface area contributed by atoms with Gasteiger partial charge in [-0.15, -0.1) is 11.6 Å². The van der Waals surface area contributed by atoms with Crippen LogP contribution in [0.4, 0.5) is 4.39 Å². The second-order valence-electron chi connectivity index (χ2n) is 4.84. The molecule has 0 atom stereocenters. The van der Waals surface area contributed by atoms with Gasteiger partial charge in [0.05, 0.1) is 5.52 Å². The summed E-state index contributed by atoms with van der Waals surface area (Å²) in [4.78, 5) is 4.39. The van der Waals surface area contributed by atoms with Crippen LogP contribution in [-0.2, 0) is 6.42 Å². The van der Waals surface area contributed by atoms with Crippen molar-refractivity contribution in [1.29, 1.82) is 0 Å². The van der Waals surface area contributed by atoms with Crippen LogP contribution in [0.15, 0.2) is 36.4 Å². The van der Waals surface area contributed by atoms with E-state index in [9.17, 15) is 4.39 Å². The molecule has 0 spiro atoms. The highest BCUT2D eigenvalue weighted by Gasteiger charge is 2.15. The van der Waals surface area contributed by atoms with Crippen molar-refractivity contribution in [3.05, 3.63) is 58.6 Å². The number of hydrogen-bond donors (Lipinski definition) is 0. The zero-order valence-electron chi connectivity index (χ0n) is 11.4. The standard InChI is InChI=1S/C16H13Cl2FN2/c1-10-5-6-11(9-12(10)18)21-14-4-2-3-13(19)16(14)20-15(21)7-8-17/h2-6,9H,7-8H2,1H3. The second kappa shape index (κ2) is 5.66. The molecule has 0 saturated heterocycles. The normalized spacial score (nSPS) is 11.2. The zero-order chi connectivity index (χ0) is 15.0. The Morgan fingerprint density at radius 3 is 2.76 bits per heavy atom. The summed E-state index contributed by atoms with van der Waals surface area (Å²) in [6.45, 7) is 1.94. The molecule has 0 fully saturated rings. The largest absolute Gasteiger partial charge is 0.296 e. The van der Waals surface area contributed by atoms with Crippen LogP contribution in [0.2, 0.25) is 5.02 Å². The van der Waals surface area contributed by atoms with Crippen molar-refractivity contribution >= 4 is 34.2 Å². The summed E-state index contributed by atoms with van der Waals surface area (Å²) in [6, 6.07) is 10.7. The Bertz CT molecular complexity index is 811. The van der Waals surface area contributed by atoms with Gasteiger partial charge in [-0.2, -0.15) is 0 Å². The van der Waals surface area contributed by atoms with E-state index < -0.39 is 0 Å². The predicted octanol–water partition coefficient (Wildman–Crippen LogP) is 4.91. The lowest BCUT2D eigenvalue weighted by Gasteiger charge is -2.10. The van der Waals surface area contributed by atoms with Crippen molar-refractivity contribution in [2.24, 2.45) is 0 Å². The van der Waals surface area contributed by atoms with Gasteiger partial charge in [-0.25, -0.2) is 9.37 Å². The Hall–Kier alpha value is -1.58. The van der Waals surface area contributed by atoms with E-state index in [1.54, 1.807) is 6.07 Å². The van der Waals surface area contributed by atoms with Crippen LogP contribution in [0.3, 0.4) is 0 Å². The van der Waals surface area contributed by atoms with Crippen LogP contribution in [0.25, 0.3) is 16.7 Å². The van der Waals surface area contributed by atoms with Gasteiger partial charge in [0.15, 0.2) is 5.82 Å². The monoisotopic (exact) mass is 322 g/mol. The van der Waals surface area contributed by atoms with E-state index in [2.05, 4.69) is 4.98 Å². The van der Waals surface area contributed by atoms with Gasteiger partial charge in [0.25, 0.3) is 0 Å². The summed E-state index contributed by atoms with van der Waals surface area (Å²) in [5, 5.41) is 0.669. The summed E-state index contributed by atoms with van der Waals surface area (Å²) in [6.07, 6.45) is 0.557. The second-order valence-corrected chi connectivity index (χ2v) is 5.63. The number of para-hydroxylation sites is 1. The van der Waals surface area contributed by atoms with Crippen LogP contribution in [-0.4, -0.2) is 15.4 Å². The molecule has 0 radical (unpaired) electrons. The molecule has 0 saturated carbocycles. The maximum Gasteiger partial charge on any atom is 0.151 e. The minimum Gasteiger partial charge on any atom is -0.296 e. The third kappa shape index (κ3) is 2.52. The van der Waals surface area contributed by atoms with Crippen molar-refractivity contribution in [2.45, 2.75) is 13.3 Å². The Balaban J connectivity index is 2.30. The van der Waals surface area contributed by atoms with Gasteiger partial charge in [0.1, 0.15) is 11.3 Å². The van der Waals surface area contributed by atoms with Gasteiger partial charge in [-0.1, -0.05) is 23.7 Å². The molecule has 0 aliphatic carbocycles. The van der Waals surface area contributed by atoms with E-state index in [1.165, 1.54) is 6.07 Å². The molecule has 2 nitrogen and oxygen atoms in total. The fraction of sp³-hybridized carbons (Fsp3) is 0.188. The molecule has 0 amide bonds. The molecule has 1 heterocycles. The third-order valence-electron chi connectivity index (χ3n) is 3.44. The fourth-order valence-corrected chi connectivity index (χ4v) is 2.72. The average molecular weight is 323 g/mol. The molecule has 0 aliphatic heterocycles. The lowest BCUT2D eigenvalue weighted by atomic mass is 10.2. The topological polar surface area (TPSA) is 17.8 Å². The lowest BCUT2D eigenvalue weighted by molar-refractivity contribution is 0.637. The maximum atomic E-state index is 13.9. The smallest absolute Gasteiger partial charge is 0.151 e. The SMILES string of the molecule is Cc1ccc(-n2c(CCCl)nc3c(F)cccc32)cc1Cl. The van der Waals surface area contributed by atoms with Crippen molar-refractivity contribution in [2.75, 3.05) is 5.88 Å². The molecule has 0 aliphatic rings. The van der Waals surface area contributed by atoms with Crippen molar-refractivity contribution in [3.63, 3.8) is 0 Å². The van der Waals surface area contributed by atoms with E-state index in [0.717, 1.165) is 22.6 Å². The highest BCUT2D eigenvalue weighted by Crippen LogP contribution is 2.26. The van der Waals surface area contributed by atoms with Gasteiger partial charge in [-0.3, -0.25) is 4.57 Å². The summed E-state index contributed by atoms with van der Waals surface area (Å²) < 4.78 is 15.9. The van der Waals surface area contributed by atoms with Crippen LogP contribution >= 0.6 is 23.2 Å². The van der Waals surface area contributed by atoms with E-state index in [-0.39, 0.29) is 5.82 Å². The minimum atomic E-state index is -0.333. The van der Waals surface area contributed by atoms with Gasteiger partial charge >= 0.3 is 0 Å². The van der Waals surface area contributed by atoms with Crippen LogP contribution < -0.4 is 0 Å². The quantitative estimate of drug-likeness (QED) is 0.626. The number of nitrogens with zero attached hydrogens (tertiary/aromatic N) is 2. The number of imidazole rings is 1. The number of aryl methyl sites for hydroxylation is 2. The van der Waals surface area contributed by atoms with Crippen molar-refractivity contribution in [1.82, 2.24) is 9.55 Å². The Morgan fingerprint density at radius 1 is 1.24 bits per heavy atom. The molecule has 5 heteroatoms. The Labute approximate surface area is 132 Å². The van der Waals surface area contributed by atoms with Crippen LogP contribution in [0.5, 0.6) is 0 Å². The summed E-state index contributed by atoms with van der Waals surface area (Å²) in [5.41, 5.74) is 2.93. The highest BCUT2D eigenvalue weighted by atomic mass is 35.5. The van der Waals surface area contributed by atoms with Gasteiger partial charge in [0, 0.05) is 23.0 Å². The molecule has 21 heavy (non-hydrogen) atoms. The maximum absolute atomic E-state index is 13.9. The van der Waals surface area contributed by atoms with Crippen LogP contribution in [0.1, 0.15) is 11.4 Å². The fourth-order valence-electron chi connectivity index (χ4n) is 2.37. The summed E-state index contributed by atoms with van der Waals surface area (Å²) in [5.74, 6) is 0.815. The molecule has 0 bridgehead atoms. The lowest BCUT2D eigenvalue weighted by Crippen LogP contribution is -2.02. The minimum absolute atomic E-state index is 0.333. The molecular formula is C16H13Cl2FN2. The van der Waals surface area contributed by atoms with E-state index >= 15 is 0 Å². The first-order valence-corrected chi connectivity index (χ1v) is 7.51. The molecule has 108 valence electrons. The van der Waals surface area contributed by atoms with E-state index in [0.29, 0.717) is 22.8 Å². The predicted molar refractivity (Wildman–Crippen MR) is 85.2 cm³/mol. The number of rotatable bonds is 3. The molecule has 3 aromatic rings. The number of alkyl halides is 1. The number of hydrogen-bond acceptors (Lipinski definition) is 1. The Kier molecular flexibility index (Phi) is 3.87. The van der Waals surface area contributed by atoms with Gasteiger partial charge < -0.3 is 0 Å². The molecule has 3 rings (SSSR count). The molecule has 1 aromatic heterocycles. The number of aromatic nitrogens is 2. The average Bonchev–Trinajstić information content (AvgIpc) is 2.82. The molecule has 0 unspecified atom stereocenters. The van der Waals surface area contributed by atoms with E-state index in [1.807, 2.05) is 35.8 Å². The van der Waals surface area contributed by atoms with Crippen molar-refractivity contribution in [3.8, 4) is 5.69 Å². The summed E-state index contributed by atoms with van der Waals surface area (Å²) >= 11 is 12.1. The van der Waals surface area contributed by atoms with Crippen LogP contribution in [0, 0.1) is 12.7 Å².